The number of hydrogen-bond donors (Lipinski definition) is 2. The number of carbonyl (C=O) groups is 3. The highest BCUT2D eigenvalue weighted by atomic mass is 16.4. The highest BCUT2D eigenvalue weighted by Crippen LogP contribution is 2.31. The van der Waals surface area contributed by atoms with Crippen molar-refractivity contribution in [3.63, 3.8) is 0 Å². The molecule has 1 aliphatic rings. The van der Waals surface area contributed by atoms with Gasteiger partial charge in [0, 0.05) is 24.7 Å². The van der Waals surface area contributed by atoms with E-state index in [2.05, 4.69) is 0 Å². The molecule has 17 heavy (non-hydrogen) atoms. The summed E-state index contributed by atoms with van der Waals surface area (Å²) in [6.07, 6.45) is 3.19. The van der Waals surface area contributed by atoms with E-state index in [9.17, 15) is 14.4 Å². The maximum atomic E-state index is 12.0. The number of carbonyl (C=O) groups excluding carboxylic acids is 1. The lowest BCUT2D eigenvalue weighted by Gasteiger charge is -2.27. The summed E-state index contributed by atoms with van der Waals surface area (Å²) in [5.74, 6) is -2.06. The first-order chi connectivity index (χ1) is 8.00. The molecule has 2 N–H and O–H groups in total. The Morgan fingerprint density at radius 2 is 1.41 bits per heavy atom. The molecule has 1 fully saturated rings. The standard InChI is InChI=1S/C12H18O5/c13-10(14)6-4-8-2-1-3-9(12(8)17)5-7-11(15)16/h8-9H,1-7H2,(H,13,14)(H,15,16). The monoisotopic (exact) mass is 242 g/mol. The largest absolute Gasteiger partial charge is 0.481 e. The van der Waals surface area contributed by atoms with Gasteiger partial charge < -0.3 is 10.2 Å². The minimum absolute atomic E-state index is 0.0159. The molecule has 0 radical (unpaired) electrons. The molecule has 0 aromatic carbocycles. The molecule has 0 aromatic rings. The van der Waals surface area contributed by atoms with Crippen molar-refractivity contribution < 1.29 is 24.6 Å². The van der Waals surface area contributed by atoms with Crippen LogP contribution in [0.15, 0.2) is 0 Å². The summed E-state index contributed by atoms with van der Waals surface area (Å²) in [5, 5.41) is 17.2. The van der Waals surface area contributed by atoms with E-state index in [0.29, 0.717) is 12.8 Å². The summed E-state index contributed by atoms with van der Waals surface area (Å²) < 4.78 is 0. The molecule has 5 heteroatoms. The van der Waals surface area contributed by atoms with Gasteiger partial charge in [0.05, 0.1) is 0 Å². The lowest BCUT2D eigenvalue weighted by molar-refractivity contribution is -0.138. The third kappa shape index (κ3) is 4.54. The second-order valence-electron chi connectivity index (χ2n) is 4.59. The molecule has 0 spiro atoms. The molecule has 96 valence electrons. The van der Waals surface area contributed by atoms with Crippen molar-refractivity contribution in [1.82, 2.24) is 0 Å². The average Bonchev–Trinajstić information content (AvgIpc) is 2.25. The summed E-state index contributed by atoms with van der Waals surface area (Å²) in [5.41, 5.74) is 0. The number of hydrogen-bond acceptors (Lipinski definition) is 3. The number of rotatable bonds is 6. The van der Waals surface area contributed by atoms with Gasteiger partial charge in [0.2, 0.25) is 0 Å². The van der Waals surface area contributed by atoms with Crippen LogP contribution in [-0.4, -0.2) is 27.9 Å². The van der Waals surface area contributed by atoms with Crippen molar-refractivity contribution in [2.24, 2.45) is 11.8 Å². The van der Waals surface area contributed by atoms with Crippen LogP contribution in [0.3, 0.4) is 0 Å². The Kier molecular flexibility index (Phi) is 5.12. The van der Waals surface area contributed by atoms with Gasteiger partial charge in [-0.25, -0.2) is 0 Å². The predicted octanol–water partition coefficient (Wildman–Crippen LogP) is 1.70. The van der Waals surface area contributed by atoms with Crippen molar-refractivity contribution in [3.8, 4) is 0 Å². The zero-order valence-electron chi connectivity index (χ0n) is 9.72. The van der Waals surface area contributed by atoms with Gasteiger partial charge in [-0.3, -0.25) is 14.4 Å². The van der Waals surface area contributed by atoms with E-state index in [0.717, 1.165) is 19.3 Å². The van der Waals surface area contributed by atoms with Crippen molar-refractivity contribution in [2.45, 2.75) is 44.9 Å². The maximum absolute atomic E-state index is 12.0. The van der Waals surface area contributed by atoms with E-state index in [1.165, 1.54) is 0 Å². The summed E-state index contributed by atoms with van der Waals surface area (Å²) >= 11 is 0. The van der Waals surface area contributed by atoms with E-state index in [-0.39, 0.29) is 30.5 Å². The number of aliphatic carboxylic acids is 2. The van der Waals surface area contributed by atoms with Gasteiger partial charge in [0.15, 0.2) is 0 Å². The number of carboxylic acids is 2. The van der Waals surface area contributed by atoms with Gasteiger partial charge >= 0.3 is 11.9 Å². The number of ketones is 1. The Bertz CT molecular complexity index is 282. The van der Waals surface area contributed by atoms with E-state index in [1.807, 2.05) is 0 Å². The second kappa shape index (κ2) is 6.37. The molecule has 5 nitrogen and oxygen atoms in total. The minimum Gasteiger partial charge on any atom is -0.481 e. The smallest absolute Gasteiger partial charge is 0.303 e. The van der Waals surface area contributed by atoms with Gasteiger partial charge in [0.25, 0.3) is 0 Å². The normalized spacial score (nSPS) is 24.6. The first-order valence-electron chi connectivity index (χ1n) is 5.98. The number of Topliss-reactive ketones (excluding diaryl/α,β-unsaturated/α-hetero) is 1. The molecule has 0 heterocycles. The fraction of sp³-hybridized carbons (Fsp3) is 0.750. The maximum Gasteiger partial charge on any atom is 0.303 e. The Balaban J connectivity index is 2.44. The van der Waals surface area contributed by atoms with E-state index < -0.39 is 11.9 Å². The first-order valence-corrected chi connectivity index (χ1v) is 5.98. The van der Waals surface area contributed by atoms with E-state index >= 15 is 0 Å². The molecule has 0 amide bonds. The van der Waals surface area contributed by atoms with Crippen LogP contribution >= 0.6 is 0 Å². The van der Waals surface area contributed by atoms with Gasteiger partial charge in [-0.05, 0) is 25.7 Å². The summed E-state index contributed by atoms with van der Waals surface area (Å²) in [6.45, 7) is 0. The Labute approximate surface area is 99.8 Å². The fourth-order valence-electron chi connectivity index (χ4n) is 2.40. The van der Waals surface area contributed by atoms with Gasteiger partial charge in [0.1, 0.15) is 5.78 Å². The van der Waals surface area contributed by atoms with Gasteiger partial charge in [-0.1, -0.05) is 6.42 Å². The summed E-state index contributed by atoms with van der Waals surface area (Å²) in [6, 6.07) is 0. The van der Waals surface area contributed by atoms with Gasteiger partial charge in [-0.2, -0.15) is 0 Å². The third-order valence-corrected chi connectivity index (χ3v) is 3.32. The SMILES string of the molecule is O=C(O)CCC1CCCC(CCC(=O)O)C1=O. The molecular weight excluding hydrogens is 224 g/mol. The zero-order valence-corrected chi connectivity index (χ0v) is 9.72. The first kappa shape index (κ1) is 13.7. The van der Waals surface area contributed by atoms with Crippen molar-refractivity contribution in [1.29, 1.82) is 0 Å². The molecule has 1 saturated carbocycles. The third-order valence-electron chi connectivity index (χ3n) is 3.32. The van der Waals surface area contributed by atoms with Crippen LogP contribution in [0.1, 0.15) is 44.9 Å². The predicted molar refractivity (Wildman–Crippen MR) is 59.6 cm³/mol. The molecule has 0 aromatic heterocycles. The van der Waals surface area contributed by atoms with E-state index in [1.54, 1.807) is 0 Å². The lowest BCUT2D eigenvalue weighted by atomic mass is 9.76. The van der Waals surface area contributed by atoms with Crippen LogP contribution in [0.5, 0.6) is 0 Å². The van der Waals surface area contributed by atoms with Crippen LogP contribution in [0.4, 0.5) is 0 Å². The van der Waals surface area contributed by atoms with Crippen molar-refractivity contribution in [3.05, 3.63) is 0 Å². The van der Waals surface area contributed by atoms with Crippen LogP contribution in [0.2, 0.25) is 0 Å². The molecule has 2 unspecified atom stereocenters. The second-order valence-corrected chi connectivity index (χ2v) is 4.59. The molecule has 0 saturated heterocycles. The molecule has 0 aliphatic heterocycles. The topological polar surface area (TPSA) is 91.7 Å². The van der Waals surface area contributed by atoms with Crippen LogP contribution in [-0.2, 0) is 14.4 Å². The Hall–Kier alpha value is -1.39. The molecule has 2 atom stereocenters. The molecule has 1 aliphatic carbocycles. The molecule has 0 bridgehead atoms. The average molecular weight is 242 g/mol. The lowest BCUT2D eigenvalue weighted by Crippen LogP contribution is -2.29. The summed E-state index contributed by atoms with van der Waals surface area (Å²) in [4.78, 5) is 32.9. The highest BCUT2D eigenvalue weighted by molar-refractivity contribution is 5.85. The molecular formula is C12H18O5. The van der Waals surface area contributed by atoms with Crippen LogP contribution in [0, 0.1) is 11.8 Å². The summed E-state index contributed by atoms with van der Waals surface area (Å²) in [7, 11) is 0. The zero-order chi connectivity index (χ0) is 12.8. The van der Waals surface area contributed by atoms with Crippen LogP contribution < -0.4 is 0 Å². The van der Waals surface area contributed by atoms with Crippen molar-refractivity contribution in [2.75, 3.05) is 0 Å². The van der Waals surface area contributed by atoms with E-state index in [4.69, 9.17) is 10.2 Å². The van der Waals surface area contributed by atoms with Crippen molar-refractivity contribution >= 4 is 17.7 Å². The highest BCUT2D eigenvalue weighted by Gasteiger charge is 2.31. The molecule has 1 rings (SSSR count). The minimum atomic E-state index is -0.884. The Morgan fingerprint density at radius 3 is 1.76 bits per heavy atom. The quantitative estimate of drug-likeness (QED) is 0.739. The van der Waals surface area contributed by atoms with Gasteiger partial charge in [-0.15, -0.1) is 0 Å². The Morgan fingerprint density at radius 1 is 1.00 bits per heavy atom. The fourth-order valence-corrected chi connectivity index (χ4v) is 2.40. The van der Waals surface area contributed by atoms with Crippen LogP contribution in [0.25, 0.3) is 0 Å². The number of carboxylic acid groups (broad SMARTS) is 2.